The van der Waals surface area contributed by atoms with Gasteiger partial charge >= 0.3 is 19.8 Å². The van der Waals surface area contributed by atoms with Gasteiger partial charge in [0.15, 0.2) is 28.7 Å². The number of aromatic nitrogens is 8. The summed E-state index contributed by atoms with van der Waals surface area (Å²) in [5, 5.41) is 1.06. The lowest BCUT2D eigenvalue weighted by molar-refractivity contribution is 0.283. The van der Waals surface area contributed by atoms with Crippen LogP contribution in [0.3, 0.4) is 0 Å². The second-order valence-corrected chi connectivity index (χ2v) is 15.0. The number of H-pyrrole nitrogens is 2. The molecule has 0 atom stereocenters. The Bertz CT molecular complexity index is 2480. The Morgan fingerprint density at radius 1 is 0.638 bits per heavy atom. The monoisotopic (exact) mass is 958 g/mol. The average molecular weight is 961 g/mol. The van der Waals surface area contributed by atoms with Crippen LogP contribution in [0, 0.1) is 0 Å². The van der Waals surface area contributed by atoms with Gasteiger partial charge in [-0.25, -0.2) is 0 Å². The number of ether oxygens (including phenoxy) is 4. The minimum atomic E-state index is -4.60. The molecule has 3 aromatic carbocycles. The first-order valence-electron chi connectivity index (χ1n) is 17.3. The highest BCUT2D eigenvalue weighted by atomic mass is 79.9. The second kappa shape index (κ2) is 17.9. The van der Waals surface area contributed by atoms with Crippen LogP contribution in [0.15, 0.2) is 60.7 Å². The summed E-state index contributed by atoms with van der Waals surface area (Å²) in [4.78, 5) is 31.4. The topological polar surface area (TPSA) is 243 Å². The SMILES string of the molecule is COc1nc2nc(OCCc3c(CBr)cccc3OP(=O)(Oc3ccccc3Cl)Oc3cccc(CBr)c3CCOc3nc(N)c4[nH]c(OC)nc4n3)nc(N)c2[nH]1. The summed E-state index contributed by atoms with van der Waals surface area (Å²) < 4.78 is 55.8. The minimum absolute atomic E-state index is 0.00846. The number of nitrogens with zero attached hydrogens (tertiary/aromatic N) is 6. The lowest BCUT2D eigenvalue weighted by Crippen LogP contribution is -2.13. The first-order chi connectivity index (χ1) is 28.1. The summed E-state index contributed by atoms with van der Waals surface area (Å²) >= 11 is 13.6. The van der Waals surface area contributed by atoms with E-state index < -0.39 is 7.82 Å². The number of phosphoric ester groups is 1. The normalized spacial score (nSPS) is 11.5. The number of benzene rings is 3. The van der Waals surface area contributed by atoms with E-state index in [1.807, 2.05) is 12.1 Å². The molecule has 7 rings (SSSR count). The first-order valence-corrected chi connectivity index (χ1v) is 21.3. The van der Waals surface area contributed by atoms with E-state index in [0.717, 1.165) is 11.1 Å². The fraction of sp³-hybridized carbons (Fsp3) is 0.222. The van der Waals surface area contributed by atoms with Gasteiger partial charge in [-0.1, -0.05) is 79.9 Å². The number of nitrogens with two attached hydrogens (primary N) is 2. The number of fused-ring (bicyclic) bond motifs is 2. The van der Waals surface area contributed by atoms with E-state index in [9.17, 15) is 0 Å². The molecule has 0 saturated carbocycles. The molecule has 4 heterocycles. The number of rotatable bonds is 18. The van der Waals surface area contributed by atoms with Crippen LogP contribution in [-0.2, 0) is 28.1 Å². The zero-order valence-electron chi connectivity index (χ0n) is 30.7. The number of hydrogen-bond acceptors (Lipinski definition) is 16. The summed E-state index contributed by atoms with van der Waals surface area (Å²) in [6.07, 6.45) is 0.527. The molecule has 0 aliphatic carbocycles. The van der Waals surface area contributed by atoms with Gasteiger partial charge in [-0.15, -0.1) is 0 Å². The van der Waals surface area contributed by atoms with Gasteiger partial charge in [0.25, 0.3) is 12.0 Å². The van der Waals surface area contributed by atoms with Gasteiger partial charge in [0, 0.05) is 34.6 Å². The Balaban J connectivity index is 1.15. The van der Waals surface area contributed by atoms with Crippen LogP contribution in [0.5, 0.6) is 41.3 Å². The van der Waals surface area contributed by atoms with Gasteiger partial charge < -0.3 is 54.0 Å². The molecule has 0 unspecified atom stereocenters. The molecule has 7 aromatic rings. The van der Waals surface area contributed by atoms with E-state index in [1.165, 1.54) is 14.2 Å². The summed E-state index contributed by atoms with van der Waals surface area (Å²) in [5.74, 6) is 0.784. The summed E-state index contributed by atoms with van der Waals surface area (Å²) in [7, 11) is -1.67. The maximum atomic E-state index is 15.0. The smallest absolute Gasteiger partial charge is 0.468 e. The summed E-state index contributed by atoms with van der Waals surface area (Å²) in [6.45, 7) is 0.160. The van der Waals surface area contributed by atoms with E-state index >= 15 is 4.57 Å². The zero-order chi connectivity index (χ0) is 40.8. The molecule has 0 saturated heterocycles. The van der Waals surface area contributed by atoms with E-state index in [-0.39, 0.29) is 95.3 Å². The predicted molar refractivity (Wildman–Crippen MR) is 223 cm³/mol. The van der Waals surface area contributed by atoms with E-state index in [0.29, 0.717) is 32.8 Å². The molecule has 0 fully saturated rings. The predicted octanol–water partition coefficient (Wildman–Crippen LogP) is 7.53. The number of aromatic amines is 2. The van der Waals surface area contributed by atoms with E-state index in [2.05, 4.69) is 71.7 Å². The highest BCUT2D eigenvalue weighted by Crippen LogP contribution is 2.53. The summed E-state index contributed by atoms with van der Waals surface area (Å²) in [5.41, 5.74) is 16.6. The highest BCUT2D eigenvalue weighted by molar-refractivity contribution is 9.08. The number of para-hydroxylation sites is 1. The van der Waals surface area contributed by atoms with Crippen molar-refractivity contribution in [2.75, 3.05) is 38.9 Å². The molecule has 6 N–H and O–H groups in total. The largest absolute Gasteiger partial charge is 0.647 e. The quantitative estimate of drug-likeness (QED) is 0.0480. The van der Waals surface area contributed by atoms with Gasteiger partial charge in [0.2, 0.25) is 0 Å². The fourth-order valence-corrected chi connectivity index (χ4v) is 8.33. The Kier molecular flexibility index (Phi) is 12.6. The lowest BCUT2D eigenvalue weighted by Gasteiger charge is -2.23. The van der Waals surface area contributed by atoms with Crippen LogP contribution in [-0.4, -0.2) is 67.3 Å². The van der Waals surface area contributed by atoms with Crippen molar-refractivity contribution in [1.82, 2.24) is 39.9 Å². The Labute approximate surface area is 352 Å². The number of nitrogen functional groups attached to an aromatic ring is 2. The van der Waals surface area contributed by atoms with Crippen LogP contribution in [0.2, 0.25) is 5.02 Å². The third kappa shape index (κ3) is 9.09. The minimum Gasteiger partial charge on any atom is -0.468 e. The van der Waals surface area contributed by atoms with Crippen LogP contribution in [0.4, 0.5) is 11.6 Å². The molecule has 0 bridgehead atoms. The number of imidazole rings is 2. The van der Waals surface area contributed by atoms with Crippen molar-refractivity contribution in [3.05, 3.63) is 87.9 Å². The van der Waals surface area contributed by atoms with Gasteiger partial charge in [-0.05, 0) is 35.4 Å². The zero-order valence-corrected chi connectivity index (χ0v) is 35.5. The molecule has 0 aliphatic rings. The molecule has 0 spiro atoms. The molecule has 4 aromatic heterocycles. The molecular weight excluding hydrogens is 927 g/mol. The Morgan fingerprint density at radius 3 is 1.53 bits per heavy atom. The molecule has 58 heavy (non-hydrogen) atoms. The highest BCUT2D eigenvalue weighted by Gasteiger charge is 2.36. The number of nitrogens with one attached hydrogen (secondary N) is 2. The van der Waals surface area contributed by atoms with Crippen LogP contribution in [0.25, 0.3) is 22.3 Å². The Hall–Kier alpha value is -5.56. The Morgan fingerprint density at radius 2 is 1.09 bits per heavy atom. The molecule has 302 valence electrons. The third-order valence-electron chi connectivity index (χ3n) is 8.44. The van der Waals surface area contributed by atoms with E-state index in [1.54, 1.807) is 48.5 Å². The first kappa shape index (κ1) is 40.6. The number of anilines is 2. The number of halogens is 3. The fourth-order valence-electron chi connectivity index (χ4n) is 5.71. The molecular formula is C36H34Br2ClN10O8P. The maximum absolute atomic E-state index is 15.0. The van der Waals surface area contributed by atoms with Crippen molar-refractivity contribution < 1.29 is 37.1 Å². The van der Waals surface area contributed by atoms with Crippen molar-refractivity contribution >= 4 is 85.2 Å². The van der Waals surface area contributed by atoms with Crippen molar-refractivity contribution in [3.8, 4) is 41.3 Å². The third-order valence-corrected chi connectivity index (χ3v) is 11.2. The van der Waals surface area contributed by atoms with Gasteiger partial charge in [0.1, 0.15) is 22.5 Å². The van der Waals surface area contributed by atoms with Crippen molar-refractivity contribution in [2.45, 2.75) is 23.5 Å². The van der Waals surface area contributed by atoms with Gasteiger partial charge in [0.05, 0.1) is 32.5 Å². The van der Waals surface area contributed by atoms with E-state index in [4.69, 9.17) is 55.6 Å². The number of hydrogen-bond donors (Lipinski definition) is 4. The average Bonchev–Trinajstić information content (AvgIpc) is 3.85. The van der Waals surface area contributed by atoms with Crippen LogP contribution < -0.4 is 44.0 Å². The number of methoxy groups -OCH3 is 2. The van der Waals surface area contributed by atoms with Crippen molar-refractivity contribution in [2.24, 2.45) is 0 Å². The molecule has 18 nitrogen and oxygen atoms in total. The molecule has 0 radical (unpaired) electrons. The van der Waals surface area contributed by atoms with Gasteiger partial charge in [-0.2, -0.15) is 34.5 Å². The number of alkyl halides is 2. The molecule has 0 amide bonds. The van der Waals surface area contributed by atoms with Crippen molar-refractivity contribution in [3.63, 3.8) is 0 Å². The van der Waals surface area contributed by atoms with Crippen LogP contribution in [0.1, 0.15) is 22.3 Å². The lowest BCUT2D eigenvalue weighted by atomic mass is 10.1. The molecule has 22 heteroatoms. The van der Waals surface area contributed by atoms with Gasteiger partial charge in [-0.3, -0.25) is 0 Å². The second-order valence-electron chi connectivity index (χ2n) is 12.1. The summed E-state index contributed by atoms with van der Waals surface area (Å²) in [6, 6.07) is 17.7. The molecule has 0 aliphatic heterocycles. The van der Waals surface area contributed by atoms with Crippen LogP contribution >= 0.6 is 51.3 Å². The van der Waals surface area contributed by atoms with Crippen molar-refractivity contribution in [1.29, 1.82) is 0 Å². The standard InChI is InChI=1S/C36H34Br2ClN10O8P/c1-51-33-42-27-29(40)44-35(48-31(27)46-33)53-15-13-21-19(17-37)7-5-11-24(21)55-58(50,57-26-10-4-3-9-23(26)39)56-25-12-6-8-20(18-38)22(25)14-16-54-36-45-30(41)28-32(49-36)47-34(43-28)52-2/h3-12H,13-18H2,1-2H3,(H3,40,42,44,46,48)(H3,41,43,45,47,49). The number of phosphoric acid groups is 1. The maximum Gasteiger partial charge on any atom is 0.647 e.